The molecular weight excluding hydrogens is 498 g/mol. The number of nitrogens with zero attached hydrogens (tertiary/aromatic N) is 2. The van der Waals surface area contributed by atoms with Gasteiger partial charge < -0.3 is 14.2 Å². The molecule has 1 N–H and O–H groups in total. The first-order chi connectivity index (χ1) is 18.2. The Morgan fingerprint density at radius 2 is 1.61 bits per heavy atom. The van der Waals surface area contributed by atoms with Gasteiger partial charge in [-0.15, -0.1) is 0 Å². The van der Waals surface area contributed by atoms with E-state index < -0.39 is 28.7 Å². The number of benzene rings is 3. The lowest BCUT2D eigenvalue weighted by Gasteiger charge is -2.27. The number of carbonyl (C=O) groups excluding carboxylic acids is 4. The summed E-state index contributed by atoms with van der Waals surface area (Å²) in [5.41, 5.74) is 0.0678. The maximum atomic E-state index is 13.2. The molecule has 12 nitrogen and oxygen atoms in total. The van der Waals surface area contributed by atoms with Crippen LogP contribution in [0.25, 0.3) is 6.08 Å². The lowest BCUT2D eigenvalue weighted by molar-refractivity contribution is -0.384. The third kappa shape index (κ3) is 5.04. The Balaban J connectivity index is 1.61. The van der Waals surface area contributed by atoms with Crippen molar-refractivity contribution in [2.75, 3.05) is 19.1 Å². The van der Waals surface area contributed by atoms with Crippen LogP contribution in [0.2, 0.25) is 0 Å². The molecule has 0 aliphatic carbocycles. The molecule has 0 radical (unpaired) electrons. The van der Waals surface area contributed by atoms with Crippen molar-refractivity contribution in [3.05, 3.63) is 93.5 Å². The van der Waals surface area contributed by atoms with E-state index in [0.717, 1.165) is 4.90 Å². The standard InChI is InChI=1S/C26H19N3O9/c1-36-20-6-4-3-5-19(20)28-24(31)18(23(30)27-26(28)33)13-15-7-12-21(22(14-15)37-2)38-25(32)16-8-10-17(11-9-16)29(34)35/h3-14H,1-2H3,(H,27,30,33)/b18-13+. The molecule has 1 aliphatic heterocycles. The van der Waals surface area contributed by atoms with Gasteiger partial charge in [0.15, 0.2) is 11.5 Å². The lowest BCUT2D eigenvalue weighted by Crippen LogP contribution is -2.54. The molecule has 1 saturated heterocycles. The second kappa shape index (κ2) is 10.6. The zero-order valence-corrected chi connectivity index (χ0v) is 20.0. The fourth-order valence-electron chi connectivity index (χ4n) is 3.59. The number of rotatable bonds is 7. The number of hydrogen-bond donors (Lipinski definition) is 1. The van der Waals surface area contributed by atoms with E-state index in [2.05, 4.69) is 5.32 Å². The number of urea groups is 1. The summed E-state index contributed by atoms with van der Waals surface area (Å²) in [4.78, 5) is 61.7. The molecule has 38 heavy (non-hydrogen) atoms. The van der Waals surface area contributed by atoms with Gasteiger partial charge in [-0.1, -0.05) is 18.2 Å². The lowest BCUT2D eigenvalue weighted by atomic mass is 10.1. The van der Waals surface area contributed by atoms with Crippen LogP contribution in [-0.2, 0) is 9.59 Å². The molecule has 1 fully saturated rings. The fourth-order valence-corrected chi connectivity index (χ4v) is 3.59. The Morgan fingerprint density at radius 3 is 2.26 bits per heavy atom. The third-order valence-electron chi connectivity index (χ3n) is 5.44. The summed E-state index contributed by atoms with van der Waals surface area (Å²) in [5, 5.41) is 12.9. The number of esters is 1. The molecule has 0 unspecified atom stereocenters. The molecule has 12 heteroatoms. The van der Waals surface area contributed by atoms with Gasteiger partial charge >= 0.3 is 12.0 Å². The first-order valence-corrected chi connectivity index (χ1v) is 10.9. The van der Waals surface area contributed by atoms with Gasteiger partial charge in [-0.3, -0.25) is 25.0 Å². The van der Waals surface area contributed by atoms with Gasteiger partial charge in [-0.05, 0) is 48.0 Å². The smallest absolute Gasteiger partial charge is 0.343 e. The van der Waals surface area contributed by atoms with E-state index in [-0.39, 0.29) is 39.8 Å². The van der Waals surface area contributed by atoms with Crippen molar-refractivity contribution in [3.8, 4) is 17.2 Å². The van der Waals surface area contributed by atoms with E-state index in [0.29, 0.717) is 5.56 Å². The first-order valence-electron chi connectivity index (χ1n) is 10.9. The normalized spacial score (nSPS) is 14.2. The molecule has 0 saturated carbocycles. The monoisotopic (exact) mass is 517 g/mol. The number of anilines is 1. The number of nitrogens with one attached hydrogen (secondary N) is 1. The molecule has 4 amide bonds. The topological polar surface area (TPSA) is 154 Å². The molecule has 0 bridgehead atoms. The highest BCUT2D eigenvalue weighted by Crippen LogP contribution is 2.33. The number of hydrogen-bond acceptors (Lipinski definition) is 9. The number of carbonyl (C=O) groups is 4. The van der Waals surface area contributed by atoms with Gasteiger partial charge in [0.1, 0.15) is 11.3 Å². The number of imide groups is 2. The number of non-ortho nitro benzene ring substituents is 1. The van der Waals surface area contributed by atoms with Crippen molar-refractivity contribution < 1.29 is 38.3 Å². The first kappa shape index (κ1) is 25.6. The fraction of sp³-hybridized carbons (Fsp3) is 0.0769. The van der Waals surface area contributed by atoms with Gasteiger partial charge in [-0.25, -0.2) is 14.5 Å². The molecule has 0 aromatic heterocycles. The highest BCUT2D eigenvalue weighted by Gasteiger charge is 2.38. The molecule has 1 heterocycles. The number of ether oxygens (including phenoxy) is 3. The van der Waals surface area contributed by atoms with Crippen LogP contribution in [0.3, 0.4) is 0 Å². The Hall–Kier alpha value is -5.52. The van der Waals surface area contributed by atoms with E-state index in [1.807, 2.05) is 0 Å². The summed E-state index contributed by atoms with van der Waals surface area (Å²) < 4.78 is 15.9. The molecule has 0 spiro atoms. The van der Waals surface area contributed by atoms with Crippen LogP contribution in [-0.4, -0.2) is 43.0 Å². The van der Waals surface area contributed by atoms with Crippen molar-refractivity contribution in [2.24, 2.45) is 0 Å². The summed E-state index contributed by atoms with van der Waals surface area (Å²) in [6.07, 6.45) is 1.26. The van der Waals surface area contributed by atoms with Crippen molar-refractivity contribution in [2.45, 2.75) is 0 Å². The number of para-hydroxylation sites is 2. The van der Waals surface area contributed by atoms with Crippen molar-refractivity contribution in [1.82, 2.24) is 5.32 Å². The maximum absolute atomic E-state index is 13.2. The molecule has 4 rings (SSSR count). The van der Waals surface area contributed by atoms with Crippen molar-refractivity contribution in [1.29, 1.82) is 0 Å². The summed E-state index contributed by atoms with van der Waals surface area (Å²) in [7, 11) is 2.71. The van der Waals surface area contributed by atoms with Gasteiger partial charge in [0, 0.05) is 12.1 Å². The molecular formula is C26H19N3O9. The third-order valence-corrected chi connectivity index (χ3v) is 5.44. The highest BCUT2D eigenvalue weighted by molar-refractivity contribution is 6.39. The Labute approximate surface area is 215 Å². The zero-order chi connectivity index (χ0) is 27.4. The molecule has 3 aromatic rings. The largest absolute Gasteiger partial charge is 0.495 e. The number of nitro benzene ring substituents is 1. The number of amides is 4. The van der Waals surface area contributed by atoms with Gasteiger partial charge in [0.2, 0.25) is 0 Å². The summed E-state index contributed by atoms with van der Waals surface area (Å²) >= 11 is 0. The van der Waals surface area contributed by atoms with Crippen LogP contribution >= 0.6 is 0 Å². The molecule has 192 valence electrons. The predicted octanol–water partition coefficient (Wildman–Crippen LogP) is 3.50. The van der Waals surface area contributed by atoms with Crippen LogP contribution in [0.4, 0.5) is 16.2 Å². The highest BCUT2D eigenvalue weighted by atomic mass is 16.6. The van der Waals surface area contributed by atoms with Gasteiger partial charge in [0.25, 0.3) is 17.5 Å². The number of methoxy groups -OCH3 is 2. The number of barbiturate groups is 1. The Morgan fingerprint density at radius 1 is 0.921 bits per heavy atom. The zero-order valence-electron chi connectivity index (χ0n) is 20.0. The van der Waals surface area contributed by atoms with Crippen LogP contribution in [0.15, 0.2) is 72.3 Å². The van der Waals surface area contributed by atoms with Crippen LogP contribution in [0.1, 0.15) is 15.9 Å². The minimum Gasteiger partial charge on any atom is -0.495 e. The van der Waals surface area contributed by atoms with Crippen molar-refractivity contribution in [3.63, 3.8) is 0 Å². The summed E-state index contributed by atoms with van der Waals surface area (Å²) in [6.45, 7) is 0. The van der Waals surface area contributed by atoms with Crippen LogP contribution in [0.5, 0.6) is 17.2 Å². The average Bonchev–Trinajstić information content (AvgIpc) is 2.91. The van der Waals surface area contributed by atoms with E-state index in [4.69, 9.17) is 14.2 Å². The maximum Gasteiger partial charge on any atom is 0.343 e. The predicted molar refractivity (Wildman–Crippen MR) is 133 cm³/mol. The Kier molecular flexibility index (Phi) is 7.15. The minimum absolute atomic E-state index is 0.0308. The van der Waals surface area contributed by atoms with E-state index in [9.17, 15) is 29.3 Å². The van der Waals surface area contributed by atoms with Crippen LogP contribution in [0, 0.1) is 10.1 Å². The Bertz CT molecular complexity index is 1500. The molecule has 3 aromatic carbocycles. The second-order valence-electron chi connectivity index (χ2n) is 7.73. The van der Waals surface area contributed by atoms with E-state index in [1.165, 1.54) is 68.8 Å². The second-order valence-corrected chi connectivity index (χ2v) is 7.73. The molecule has 0 atom stereocenters. The van der Waals surface area contributed by atoms with E-state index in [1.54, 1.807) is 18.2 Å². The quantitative estimate of drug-likeness (QED) is 0.124. The minimum atomic E-state index is -0.923. The van der Waals surface area contributed by atoms with Crippen LogP contribution < -0.4 is 24.4 Å². The summed E-state index contributed by atoms with van der Waals surface area (Å²) in [5.74, 6) is -2.14. The van der Waals surface area contributed by atoms with Gasteiger partial charge in [0.05, 0.1) is 30.4 Å². The van der Waals surface area contributed by atoms with E-state index >= 15 is 0 Å². The van der Waals surface area contributed by atoms with Gasteiger partial charge in [-0.2, -0.15) is 0 Å². The molecule has 1 aliphatic rings. The summed E-state index contributed by atoms with van der Waals surface area (Å²) in [6, 6.07) is 14.6. The SMILES string of the molecule is COc1cc(/C=C2\C(=O)NC(=O)N(c3ccccc3OC)C2=O)ccc1OC(=O)c1ccc([N+](=O)[O-])cc1. The average molecular weight is 517 g/mol. The van der Waals surface area contributed by atoms with Crippen molar-refractivity contribution >= 4 is 41.3 Å². The number of nitro groups is 1.